The molecule has 5 heteroatoms. The first-order chi connectivity index (χ1) is 12.2. The third-order valence-electron chi connectivity index (χ3n) is 3.79. The summed E-state index contributed by atoms with van der Waals surface area (Å²) in [5.74, 6) is -1.10. The van der Waals surface area contributed by atoms with Crippen LogP contribution in [0, 0.1) is 6.92 Å². The standard InChI is InChI=1S/C21H25NO4/c1-14-9-11-15(12-10-14)17-8-6-5-7-16(17)13-18(19(23)24)22-20(25)26-21(2,3)4/h5-12,18H,13H2,1-4H3,(H,22,25)(H,23,24). The molecule has 2 N–H and O–H groups in total. The summed E-state index contributed by atoms with van der Waals surface area (Å²) in [5.41, 5.74) is 3.27. The molecule has 1 amide bonds. The molecule has 0 heterocycles. The predicted molar refractivity (Wildman–Crippen MR) is 101 cm³/mol. The van der Waals surface area contributed by atoms with E-state index in [0.29, 0.717) is 0 Å². The van der Waals surface area contributed by atoms with Gasteiger partial charge in [-0.2, -0.15) is 0 Å². The Hall–Kier alpha value is -2.82. The number of carbonyl (C=O) groups excluding carboxylic acids is 1. The van der Waals surface area contributed by atoms with Gasteiger partial charge in [0.1, 0.15) is 11.6 Å². The number of alkyl carbamates (subject to hydrolysis) is 1. The van der Waals surface area contributed by atoms with Gasteiger partial charge in [0.15, 0.2) is 0 Å². The Labute approximate surface area is 154 Å². The molecule has 2 aromatic rings. The van der Waals surface area contributed by atoms with Crippen LogP contribution >= 0.6 is 0 Å². The number of rotatable bonds is 5. The summed E-state index contributed by atoms with van der Waals surface area (Å²) in [7, 11) is 0. The van der Waals surface area contributed by atoms with Crippen molar-refractivity contribution in [2.45, 2.75) is 45.8 Å². The smallest absolute Gasteiger partial charge is 0.408 e. The average Bonchev–Trinajstić information content (AvgIpc) is 2.54. The van der Waals surface area contributed by atoms with Crippen molar-refractivity contribution in [3.8, 4) is 11.1 Å². The van der Waals surface area contributed by atoms with Crippen LogP contribution in [-0.2, 0) is 16.0 Å². The minimum atomic E-state index is -1.10. The SMILES string of the molecule is Cc1ccc(-c2ccccc2CC(NC(=O)OC(C)(C)C)C(=O)O)cc1. The van der Waals surface area contributed by atoms with Gasteiger partial charge in [0.05, 0.1) is 0 Å². The number of benzene rings is 2. The molecule has 0 fully saturated rings. The predicted octanol–water partition coefficient (Wildman–Crippen LogP) is 4.18. The number of carboxylic acids is 1. The second kappa shape index (κ2) is 8.04. The quantitative estimate of drug-likeness (QED) is 0.843. The first-order valence-corrected chi connectivity index (χ1v) is 8.53. The topological polar surface area (TPSA) is 75.6 Å². The maximum Gasteiger partial charge on any atom is 0.408 e. The number of hydrogen-bond acceptors (Lipinski definition) is 3. The summed E-state index contributed by atoms with van der Waals surface area (Å²) in [6.45, 7) is 7.21. The van der Waals surface area contributed by atoms with Crippen LogP contribution in [0.4, 0.5) is 4.79 Å². The van der Waals surface area contributed by atoms with Crippen LogP contribution in [0.2, 0.25) is 0 Å². The monoisotopic (exact) mass is 355 g/mol. The molecular formula is C21H25NO4. The van der Waals surface area contributed by atoms with Gasteiger partial charge in [-0.1, -0.05) is 54.1 Å². The van der Waals surface area contributed by atoms with E-state index in [4.69, 9.17) is 4.74 Å². The molecule has 0 bridgehead atoms. The highest BCUT2D eigenvalue weighted by atomic mass is 16.6. The molecule has 0 spiro atoms. The molecule has 0 radical (unpaired) electrons. The lowest BCUT2D eigenvalue weighted by molar-refractivity contribution is -0.139. The van der Waals surface area contributed by atoms with Gasteiger partial charge in [-0.25, -0.2) is 9.59 Å². The van der Waals surface area contributed by atoms with E-state index in [2.05, 4.69) is 5.32 Å². The Bertz CT molecular complexity index is 775. The molecule has 26 heavy (non-hydrogen) atoms. The van der Waals surface area contributed by atoms with Crippen molar-refractivity contribution in [2.75, 3.05) is 0 Å². The van der Waals surface area contributed by atoms with Crippen molar-refractivity contribution in [1.29, 1.82) is 0 Å². The molecule has 0 saturated carbocycles. The van der Waals surface area contributed by atoms with E-state index < -0.39 is 23.7 Å². The van der Waals surface area contributed by atoms with E-state index in [1.165, 1.54) is 0 Å². The summed E-state index contributed by atoms with van der Waals surface area (Å²) in [4.78, 5) is 23.6. The third-order valence-corrected chi connectivity index (χ3v) is 3.79. The maximum atomic E-state index is 12.0. The minimum absolute atomic E-state index is 0.165. The summed E-state index contributed by atoms with van der Waals surface area (Å²) in [6, 6.07) is 14.6. The summed E-state index contributed by atoms with van der Waals surface area (Å²) in [6.07, 6.45) is -0.573. The molecule has 5 nitrogen and oxygen atoms in total. The molecule has 2 rings (SSSR count). The van der Waals surface area contributed by atoms with E-state index in [-0.39, 0.29) is 6.42 Å². The van der Waals surface area contributed by atoms with Crippen LogP contribution in [0.15, 0.2) is 48.5 Å². The molecule has 138 valence electrons. The number of aliphatic carboxylic acids is 1. The number of ether oxygens (including phenoxy) is 1. The summed E-state index contributed by atoms with van der Waals surface area (Å²) < 4.78 is 5.17. The van der Waals surface area contributed by atoms with Crippen molar-refractivity contribution < 1.29 is 19.4 Å². The molecular weight excluding hydrogens is 330 g/mol. The van der Waals surface area contributed by atoms with Gasteiger partial charge in [-0.05, 0) is 44.4 Å². The van der Waals surface area contributed by atoms with Gasteiger partial charge >= 0.3 is 12.1 Å². The highest BCUT2D eigenvalue weighted by Crippen LogP contribution is 2.25. The van der Waals surface area contributed by atoms with Gasteiger partial charge in [-0.3, -0.25) is 0 Å². The molecule has 0 saturated heterocycles. The van der Waals surface area contributed by atoms with E-state index in [9.17, 15) is 14.7 Å². The number of nitrogens with one attached hydrogen (secondary N) is 1. The summed E-state index contributed by atoms with van der Waals surface area (Å²) >= 11 is 0. The Morgan fingerprint density at radius 2 is 1.69 bits per heavy atom. The van der Waals surface area contributed by atoms with Gasteiger partial charge in [-0.15, -0.1) is 0 Å². The average molecular weight is 355 g/mol. The molecule has 0 aliphatic carbocycles. The second-order valence-electron chi connectivity index (χ2n) is 7.26. The fourth-order valence-electron chi connectivity index (χ4n) is 2.58. The first-order valence-electron chi connectivity index (χ1n) is 8.53. The van der Waals surface area contributed by atoms with Gasteiger partial charge in [0.25, 0.3) is 0 Å². The highest BCUT2D eigenvalue weighted by Gasteiger charge is 2.25. The Morgan fingerprint density at radius 3 is 2.27 bits per heavy atom. The van der Waals surface area contributed by atoms with Gasteiger partial charge in [0.2, 0.25) is 0 Å². The van der Waals surface area contributed by atoms with Crippen LogP contribution in [0.25, 0.3) is 11.1 Å². The Kier molecular flexibility index (Phi) is 6.03. The molecule has 2 aromatic carbocycles. The van der Waals surface area contributed by atoms with Crippen LogP contribution in [-0.4, -0.2) is 28.8 Å². The van der Waals surface area contributed by atoms with Gasteiger partial charge in [0, 0.05) is 6.42 Å². The van der Waals surface area contributed by atoms with Crippen LogP contribution < -0.4 is 5.32 Å². The molecule has 0 aliphatic rings. The second-order valence-corrected chi connectivity index (χ2v) is 7.26. The van der Waals surface area contributed by atoms with Crippen LogP contribution in [0.5, 0.6) is 0 Å². The normalized spacial score (nSPS) is 12.3. The molecule has 1 unspecified atom stereocenters. The number of aryl methyl sites for hydroxylation is 1. The van der Waals surface area contributed by atoms with E-state index in [1.807, 2.05) is 55.5 Å². The minimum Gasteiger partial charge on any atom is -0.480 e. The Balaban J connectivity index is 2.23. The van der Waals surface area contributed by atoms with Crippen molar-refractivity contribution in [3.63, 3.8) is 0 Å². The zero-order valence-electron chi connectivity index (χ0n) is 15.6. The van der Waals surface area contributed by atoms with E-state index >= 15 is 0 Å². The lowest BCUT2D eigenvalue weighted by Gasteiger charge is -2.22. The number of hydrogen-bond donors (Lipinski definition) is 2. The lowest BCUT2D eigenvalue weighted by atomic mass is 9.94. The lowest BCUT2D eigenvalue weighted by Crippen LogP contribution is -2.44. The number of carboxylic acid groups (broad SMARTS) is 1. The molecule has 1 atom stereocenters. The molecule has 0 aliphatic heterocycles. The first kappa shape index (κ1) is 19.5. The van der Waals surface area contributed by atoms with Crippen LogP contribution in [0.3, 0.4) is 0 Å². The zero-order chi connectivity index (χ0) is 19.3. The van der Waals surface area contributed by atoms with Crippen molar-refractivity contribution in [2.24, 2.45) is 0 Å². The van der Waals surface area contributed by atoms with Gasteiger partial charge < -0.3 is 15.2 Å². The van der Waals surface area contributed by atoms with E-state index in [0.717, 1.165) is 22.3 Å². The Morgan fingerprint density at radius 1 is 1.08 bits per heavy atom. The van der Waals surface area contributed by atoms with Crippen molar-refractivity contribution in [1.82, 2.24) is 5.32 Å². The maximum absolute atomic E-state index is 12.0. The fourth-order valence-corrected chi connectivity index (χ4v) is 2.58. The number of carbonyl (C=O) groups is 2. The van der Waals surface area contributed by atoms with Crippen molar-refractivity contribution in [3.05, 3.63) is 59.7 Å². The largest absolute Gasteiger partial charge is 0.480 e. The fraction of sp³-hybridized carbons (Fsp3) is 0.333. The van der Waals surface area contributed by atoms with Crippen LogP contribution in [0.1, 0.15) is 31.9 Å². The molecule has 0 aromatic heterocycles. The number of amides is 1. The summed E-state index contributed by atoms with van der Waals surface area (Å²) in [5, 5.41) is 12.0. The van der Waals surface area contributed by atoms with E-state index in [1.54, 1.807) is 20.8 Å². The zero-order valence-corrected chi connectivity index (χ0v) is 15.6. The highest BCUT2D eigenvalue weighted by molar-refractivity contribution is 5.81. The van der Waals surface area contributed by atoms with Crippen molar-refractivity contribution >= 4 is 12.1 Å². The third kappa shape index (κ3) is 5.62.